The fraction of sp³-hybridized carbons (Fsp3) is 0.364. The van der Waals surface area contributed by atoms with Gasteiger partial charge in [-0.1, -0.05) is 0 Å². The largest absolute Gasteiger partial charge is 0.534 e. The Balaban J connectivity index is 3.45. The van der Waals surface area contributed by atoms with Crippen LogP contribution in [0.1, 0.15) is 17.3 Å². The Bertz CT molecular complexity index is 917. The van der Waals surface area contributed by atoms with Crippen molar-refractivity contribution in [3.8, 4) is 11.5 Å². The molecule has 16 heteroatoms. The fourth-order valence-corrected chi connectivity index (χ4v) is 2.26. The zero-order valence-electron chi connectivity index (χ0n) is 12.8. The number of benzene rings is 1. The molecule has 0 aromatic heterocycles. The topological polar surface area (TPSA) is 113 Å². The summed E-state index contributed by atoms with van der Waals surface area (Å²) in [5.74, 6) is -4.12. The molecule has 0 atom stereocenters. The highest BCUT2D eigenvalue weighted by Crippen LogP contribution is 2.34. The van der Waals surface area contributed by atoms with Crippen LogP contribution in [0.4, 0.5) is 26.3 Å². The van der Waals surface area contributed by atoms with E-state index in [1.165, 1.54) is 6.92 Å². The summed E-state index contributed by atoms with van der Waals surface area (Å²) in [4.78, 5) is 11.6. The Morgan fingerprint density at radius 2 is 1.41 bits per heavy atom. The minimum absolute atomic E-state index is 0.0405. The summed E-state index contributed by atoms with van der Waals surface area (Å²) in [6, 6.07) is 0.946. The van der Waals surface area contributed by atoms with E-state index in [-0.39, 0.29) is 12.7 Å². The maximum absolute atomic E-state index is 12.4. The summed E-state index contributed by atoms with van der Waals surface area (Å²) >= 11 is 0. The summed E-state index contributed by atoms with van der Waals surface area (Å²) in [6.07, 6.45) is 0. The lowest BCUT2D eigenvalue weighted by Crippen LogP contribution is -2.29. The number of hydrogen-bond acceptors (Lipinski definition) is 8. The average Bonchev–Trinajstić information content (AvgIpc) is 2.44. The van der Waals surface area contributed by atoms with Crippen molar-refractivity contribution in [3.05, 3.63) is 23.8 Å². The number of halogens is 6. The van der Waals surface area contributed by atoms with E-state index < -0.39 is 54.3 Å². The average molecular weight is 446 g/mol. The van der Waals surface area contributed by atoms with E-state index in [2.05, 4.69) is 13.1 Å². The highest BCUT2D eigenvalue weighted by atomic mass is 32.2. The lowest BCUT2D eigenvalue weighted by Gasteiger charge is -2.14. The van der Waals surface area contributed by atoms with Crippen LogP contribution in [-0.4, -0.2) is 40.4 Å². The van der Waals surface area contributed by atoms with Crippen molar-refractivity contribution in [2.45, 2.75) is 17.9 Å². The van der Waals surface area contributed by atoms with Gasteiger partial charge in [0.1, 0.15) is 11.3 Å². The Morgan fingerprint density at radius 1 is 0.926 bits per heavy atom. The number of esters is 1. The van der Waals surface area contributed by atoms with Gasteiger partial charge in [-0.05, 0) is 19.1 Å². The first-order valence-corrected chi connectivity index (χ1v) is 9.16. The second kappa shape index (κ2) is 7.41. The molecule has 1 rings (SSSR count). The number of carbonyl (C=O) groups excluding carboxylic acids is 1. The molecule has 0 amide bonds. The molecule has 0 fully saturated rings. The molecular formula is C11H8F6O8S2. The van der Waals surface area contributed by atoms with Crippen molar-refractivity contribution in [1.29, 1.82) is 0 Å². The first kappa shape index (κ1) is 22.8. The molecule has 8 nitrogen and oxygen atoms in total. The van der Waals surface area contributed by atoms with Crippen molar-refractivity contribution in [2.24, 2.45) is 0 Å². The zero-order chi connectivity index (χ0) is 21.3. The Kier molecular flexibility index (Phi) is 6.26. The Labute approximate surface area is 147 Å². The van der Waals surface area contributed by atoms with Crippen LogP contribution in [0.5, 0.6) is 11.5 Å². The molecule has 0 aliphatic rings. The van der Waals surface area contributed by atoms with E-state index in [1.54, 1.807) is 0 Å². The standard InChI is InChI=1S/C11H8F6O8S2/c1-2-23-9(18)7-4-3-6(24-26(19,20)10(12,13)14)5-8(7)25-27(21,22)11(15,16)17/h3-5H,2H2,1H3. The van der Waals surface area contributed by atoms with Crippen molar-refractivity contribution in [1.82, 2.24) is 0 Å². The molecule has 0 aliphatic carbocycles. The van der Waals surface area contributed by atoms with Crippen molar-refractivity contribution >= 4 is 26.2 Å². The third-order valence-corrected chi connectivity index (χ3v) is 4.37. The van der Waals surface area contributed by atoms with Gasteiger partial charge in [-0.3, -0.25) is 0 Å². The summed E-state index contributed by atoms with van der Waals surface area (Å²) in [5.41, 5.74) is -12.8. The summed E-state index contributed by atoms with van der Waals surface area (Å²) < 4.78 is 130. The van der Waals surface area contributed by atoms with Crippen LogP contribution in [0.25, 0.3) is 0 Å². The molecule has 0 saturated carbocycles. The first-order valence-electron chi connectivity index (χ1n) is 6.34. The van der Waals surface area contributed by atoms with E-state index in [9.17, 15) is 48.0 Å². The molecule has 0 bridgehead atoms. The lowest BCUT2D eigenvalue weighted by atomic mass is 10.2. The minimum atomic E-state index is -6.35. The third-order valence-electron chi connectivity index (χ3n) is 2.42. The molecule has 1 aromatic carbocycles. The van der Waals surface area contributed by atoms with Gasteiger partial charge in [0.2, 0.25) is 0 Å². The molecule has 0 unspecified atom stereocenters. The lowest BCUT2D eigenvalue weighted by molar-refractivity contribution is -0.0502. The van der Waals surface area contributed by atoms with Crippen molar-refractivity contribution < 1.29 is 61.1 Å². The van der Waals surface area contributed by atoms with Gasteiger partial charge in [0.15, 0.2) is 5.75 Å². The molecule has 0 N–H and O–H groups in total. The van der Waals surface area contributed by atoms with Crippen LogP contribution in [0, 0.1) is 0 Å². The van der Waals surface area contributed by atoms with Crippen LogP contribution >= 0.6 is 0 Å². The predicted octanol–water partition coefficient (Wildman–Crippen LogP) is 2.32. The SMILES string of the molecule is CCOC(=O)c1ccc(OS(=O)(=O)C(F)(F)F)cc1OS(=O)(=O)C(F)(F)F. The number of ether oxygens (including phenoxy) is 1. The Morgan fingerprint density at radius 3 is 1.85 bits per heavy atom. The van der Waals surface area contributed by atoms with Crippen molar-refractivity contribution in [3.63, 3.8) is 0 Å². The maximum Gasteiger partial charge on any atom is 0.534 e. The summed E-state index contributed by atoms with van der Waals surface area (Å²) in [6.45, 7) is 0.989. The van der Waals surface area contributed by atoms with Gasteiger partial charge < -0.3 is 13.1 Å². The third kappa shape index (κ3) is 5.38. The first-order chi connectivity index (χ1) is 12.0. The van der Waals surface area contributed by atoms with Crippen LogP contribution in [-0.2, 0) is 25.0 Å². The number of carbonyl (C=O) groups is 1. The number of alkyl halides is 6. The molecule has 0 spiro atoms. The highest BCUT2D eigenvalue weighted by Gasteiger charge is 2.50. The summed E-state index contributed by atoms with van der Waals surface area (Å²) in [7, 11) is -12.6. The van der Waals surface area contributed by atoms with E-state index >= 15 is 0 Å². The molecule has 0 aliphatic heterocycles. The highest BCUT2D eigenvalue weighted by molar-refractivity contribution is 7.88. The quantitative estimate of drug-likeness (QED) is 0.283. The molecule has 154 valence electrons. The molecule has 1 aromatic rings. The summed E-state index contributed by atoms with van der Waals surface area (Å²) in [5, 5.41) is 0. The van der Waals surface area contributed by atoms with Gasteiger partial charge in [0.25, 0.3) is 0 Å². The number of hydrogen-bond donors (Lipinski definition) is 0. The van der Waals surface area contributed by atoms with E-state index in [0.717, 1.165) is 0 Å². The molecular weight excluding hydrogens is 438 g/mol. The van der Waals surface area contributed by atoms with Gasteiger partial charge in [-0.25, -0.2) is 4.79 Å². The van der Waals surface area contributed by atoms with Crippen LogP contribution < -0.4 is 8.37 Å². The smallest absolute Gasteiger partial charge is 0.462 e. The molecule has 0 heterocycles. The van der Waals surface area contributed by atoms with Gasteiger partial charge >= 0.3 is 37.2 Å². The van der Waals surface area contributed by atoms with Crippen molar-refractivity contribution in [2.75, 3.05) is 6.61 Å². The normalized spacial score (nSPS) is 13.1. The van der Waals surface area contributed by atoms with Gasteiger partial charge in [-0.15, -0.1) is 0 Å². The van der Waals surface area contributed by atoms with Gasteiger partial charge in [0.05, 0.1) is 6.61 Å². The zero-order valence-corrected chi connectivity index (χ0v) is 14.4. The maximum atomic E-state index is 12.4. The van der Waals surface area contributed by atoms with E-state index in [1.807, 2.05) is 0 Å². The fourth-order valence-electron chi connectivity index (χ4n) is 1.34. The molecule has 27 heavy (non-hydrogen) atoms. The van der Waals surface area contributed by atoms with E-state index in [4.69, 9.17) is 0 Å². The van der Waals surface area contributed by atoms with Crippen LogP contribution in [0.2, 0.25) is 0 Å². The van der Waals surface area contributed by atoms with Gasteiger partial charge in [-0.2, -0.15) is 43.2 Å². The molecule has 0 radical (unpaired) electrons. The monoisotopic (exact) mass is 446 g/mol. The van der Waals surface area contributed by atoms with Gasteiger partial charge in [0, 0.05) is 6.07 Å². The predicted molar refractivity (Wildman–Crippen MR) is 73.6 cm³/mol. The minimum Gasteiger partial charge on any atom is -0.462 e. The molecule has 0 saturated heterocycles. The van der Waals surface area contributed by atoms with E-state index in [0.29, 0.717) is 12.1 Å². The second-order valence-corrected chi connectivity index (χ2v) is 7.42. The Hall–Kier alpha value is -2.23. The number of rotatable bonds is 6. The van der Waals surface area contributed by atoms with Crippen LogP contribution in [0.15, 0.2) is 18.2 Å². The van der Waals surface area contributed by atoms with Crippen LogP contribution in [0.3, 0.4) is 0 Å². The second-order valence-electron chi connectivity index (χ2n) is 4.34.